The molecule has 0 saturated carbocycles. The Hall–Kier alpha value is -1.39. The van der Waals surface area contributed by atoms with E-state index in [1.54, 1.807) is 10.6 Å². The summed E-state index contributed by atoms with van der Waals surface area (Å²) in [5, 5.41) is 3.25. The molecular weight excluding hydrogens is 283 g/mol. The molecule has 0 N–H and O–H groups in total. The normalized spacial score (nSPS) is 21.4. The van der Waals surface area contributed by atoms with Gasteiger partial charge in [-0.05, 0) is 0 Å². The third kappa shape index (κ3) is 2.44. The Balaban J connectivity index is 2.25. The van der Waals surface area contributed by atoms with E-state index in [-0.39, 0.29) is 0 Å². The van der Waals surface area contributed by atoms with Gasteiger partial charge in [-0.2, -0.15) is 0 Å². The Labute approximate surface area is 135 Å². The Kier molecular flexibility index (Phi) is 4.50. The molecule has 0 atom stereocenters. The molecule has 1 heteroatoms. The van der Waals surface area contributed by atoms with Crippen molar-refractivity contribution in [3.05, 3.63) is 73.3 Å². The number of rotatable bonds is 5. The molecule has 116 valence electrons. The van der Waals surface area contributed by atoms with Crippen LogP contribution in [0.15, 0.2) is 73.3 Å². The number of allylic oxidation sites excluding steroid dienone is 1. The first-order valence-electron chi connectivity index (χ1n) is 8.53. The molecule has 0 unspecified atom stereocenters. The van der Waals surface area contributed by atoms with E-state index < -0.39 is 6.60 Å². The van der Waals surface area contributed by atoms with E-state index in [4.69, 9.17) is 0 Å². The Bertz CT molecular complexity index is 565. The van der Waals surface area contributed by atoms with Gasteiger partial charge < -0.3 is 0 Å². The Morgan fingerprint density at radius 3 is 1.73 bits per heavy atom. The van der Waals surface area contributed by atoms with Crippen molar-refractivity contribution >= 4 is 17.2 Å². The van der Waals surface area contributed by atoms with E-state index in [0.717, 1.165) is 6.42 Å². The van der Waals surface area contributed by atoms with Crippen LogP contribution in [0, 0.1) is 0 Å². The molecule has 0 spiro atoms. The number of benzene rings is 2. The molecule has 2 aromatic rings. The molecule has 0 amide bonds. The van der Waals surface area contributed by atoms with Gasteiger partial charge >= 0.3 is 135 Å². The second-order valence-electron chi connectivity index (χ2n) is 6.71. The van der Waals surface area contributed by atoms with Gasteiger partial charge in [0, 0.05) is 0 Å². The first kappa shape index (κ1) is 15.5. The molecule has 1 fully saturated rings. The van der Waals surface area contributed by atoms with E-state index in [0.29, 0.717) is 0 Å². The first-order valence-corrected chi connectivity index (χ1v) is 11.3. The quantitative estimate of drug-likeness (QED) is 0.541. The van der Waals surface area contributed by atoms with Crippen LogP contribution in [0.3, 0.4) is 0 Å². The summed E-state index contributed by atoms with van der Waals surface area (Å²) >= 11 is 0. The van der Waals surface area contributed by atoms with E-state index in [2.05, 4.69) is 73.3 Å². The standard InChI is InChI=1S/C21H27P/c1-2-3-17-22(18-11-6-12-19-22,20-13-7-4-8-14-20)21-15-9-5-10-16-21/h2,4-5,7-10,13-16H,1,3,6,11-12,17-19H2. The summed E-state index contributed by atoms with van der Waals surface area (Å²) in [6.45, 7) is 1.94. The van der Waals surface area contributed by atoms with E-state index in [1.165, 1.54) is 37.7 Å². The Morgan fingerprint density at radius 1 is 0.773 bits per heavy atom. The third-order valence-electron chi connectivity index (χ3n) is 5.63. The SMILES string of the molecule is C=CCCP1(c2ccccc2)(c2ccccc2)CCCCC1. The van der Waals surface area contributed by atoms with Crippen molar-refractivity contribution < 1.29 is 0 Å². The molecule has 0 radical (unpaired) electrons. The molecule has 1 saturated heterocycles. The predicted molar refractivity (Wildman–Crippen MR) is 102 cm³/mol. The zero-order chi connectivity index (χ0) is 15.3. The molecule has 0 aliphatic carbocycles. The molecule has 3 rings (SSSR count). The maximum atomic E-state index is 4.02. The van der Waals surface area contributed by atoms with E-state index >= 15 is 0 Å². The van der Waals surface area contributed by atoms with E-state index in [9.17, 15) is 0 Å². The van der Waals surface area contributed by atoms with Crippen molar-refractivity contribution in [1.82, 2.24) is 0 Å². The summed E-state index contributed by atoms with van der Waals surface area (Å²) in [6, 6.07) is 22.8. The van der Waals surface area contributed by atoms with Gasteiger partial charge in [0.05, 0.1) is 0 Å². The van der Waals surface area contributed by atoms with Crippen LogP contribution in [0.25, 0.3) is 0 Å². The summed E-state index contributed by atoms with van der Waals surface area (Å²) in [5.74, 6) is 0. The van der Waals surface area contributed by atoms with Gasteiger partial charge in [-0.25, -0.2) is 0 Å². The van der Waals surface area contributed by atoms with Gasteiger partial charge in [-0.1, -0.05) is 0 Å². The molecule has 22 heavy (non-hydrogen) atoms. The van der Waals surface area contributed by atoms with Gasteiger partial charge in [0.2, 0.25) is 0 Å². The first-order chi connectivity index (χ1) is 10.8. The average Bonchev–Trinajstić information content (AvgIpc) is 2.62. The number of hydrogen-bond donors (Lipinski definition) is 0. The van der Waals surface area contributed by atoms with Crippen molar-refractivity contribution in [3.63, 3.8) is 0 Å². The molecule has 0 nitrogen and oxygen atoms in total. The molecule has 0 aromatic heterocycles. The van der Waals surface area contributed by atoms with Crippen molar-refractivity contribution in [3.8, 4) is 0 Å². The fourth-order valence-electron chi connectivity index (χ4n) is 4.46. The van der Waals surface area contributed by atoms with Crippen LogP contribution in [0.5, 0.6) is 0 Å². The van der Waals surface area contributed by atoms with Crippen LogP contribution < -0.4 is 10.6 Å². The van der Waals surface area contributed by atoms with Crippen LogP contribution in [0.4, 0.5) is 0 Å². The monoisotopic (exact) mass is 310 g/mol. The van der Waals surface area contributed by atoms with Crippen molar-refractivity contribution in [2.75, 3.05) is 18.5 Å². The second-order valence-corrected chi connectivity index (χ2v) is 12.5. The summed E-state index contributed by atoms with van der Waals surface area (Å²) in [5.41, 5.74) is 0. The zero-order valence-corrected chi connectivity index (χ0v) is 14.3. The van der Waals surface area contributed by atoms with Gasteiger partial charge in [-0.15, -0.1) is 0 Å². The van der Waals surface area contributed by atoms with Crippen LogP contribution in [-0.4, -0.2) is 18.5 Å². The predicted octanol–water partition coefficient (Wildman–Crippen LogP) is 4.95. The zero-order valence-electron chi connectivity index (χ0n) is 13.5. The summed E-state index contributed by atoms with van der Waals surface area (Å²) in [7, 11) is 0. The summed E-state index contributed by atoms with van der Waals surface area (Å²) < 4.78 is 0. The fourth-order valence-corrected chi connectivity index (χ4v) is 11.7. The van der Waals surface area contributed by atoms with Gasteiger partial charge in [0.15, 0.2) is 0 Å². The van der Waals surface area contributed by atoms with Crippen LogP contribution in [-0.2, 0) is 0 Å². The van der Waals surface area contributed by atoms with Crippen molar-refractivity contribution in [2.24, 2.45) is 0 Å². The Morgan fingerprint density at radius 2 is 1.27 bits per heavy atom. The average molecular weight is 310 g/mol. The molecule has 1 aliphatic heterocycles. The maximum absolute atomic E-state index is 4.02. The molecule has 1 heterocycles. The minimum atomic E-state index is -2.08. The molecular formula is C21H27P. The van der Waals surface area contributed by atoms with Gasteiger partial charge in [0.25, 0.3) is 0 Å². The molecule has 0 bridgehead atoms. The second kappa shape index (κ2) is 6.39. The van der Waals surface area contributed by atoms with Crippen LogP contribution >= 0.6 is 6.60 Å². The van der Waals surface area contributed by atoms with Gasteiger partial charge in [-0.3, -0.25) is 0 Å². The topological polar surface area (TPSA) is 0 Å². The fraction of sp³-hybridized carbons (Fsp3) is 0.333. The minimum absolute atomic E-state index is 1.13. The van der Waals surface area contributed by atoms with Crippen LogP contribution in [0.2, 0.25) is 0 Å². The third-order valence-corrected chi connectivity index (χ3v) is 13.1. The van der Waals surface area contributed by atoms with Crippen LogP contribution in [0.1, 0.15) is 25.7 Å². The molecule has 1 aliphatic rings. The summed E-state index contributed by atoms with van der Waals surface area (Å²) in [4.78, 5) is 0. The van der Waals surface area contributed by atoms with E-state index in [1.807, 2.05) is 0 Å². The number of hydrogen-bond acceptors (Lipinski definition) is 0. The summed E-state index contributed by atoms with van der Waals surface area (Å²) in [6.07, 6.45) is 11.4. The van der Waals surface area contributed by atoms with Gasteiger partial charge in [0.1, 0.15) is 0 Å². The molecule has 2 aromatic carbocycles. The van der Waals surface area contributed by atoms with Crippen molar-refractivity contribution in [2.45, 2.75) is 25.7 Å². The van der Waals surface area contributed by atoms with Crippen molar-refractivity contribution in [1.29, 1.82) is 0 Å².